The molecule has 3 aromatic rings. The van der Waals surface area contributed by atoms with E-state index in [-0.39, 0.29) is 17.0 Å². The first-order valence-corrected chi connectivity index (χ1v) is 9.68. The van der Waals surface area contributed by atoms with E-state index in [9.17, 15) is 13.2 Å². The lowest BCUT2D eigenvalue weighted by Gasteiger charge is -2.34. The van der Waals surface area contributed by atoms with Crippen molar-refractivity contribution in [3.63, 3.8) is 0 Å². The first-order chi connectivity index (χ1) is 13.8. The molecule has 0 bridgehead atoms. The number of halogens is 3. The lowest BCUT2D eigenvalue weighted by atomic mass is 10.1. The second-order valence-electron chi connectivity index (χ2n) is 6.61. The predicted octanol–water partition coefficient (Wildman–Crippen LogP) is 2.47. The summed E-state index contributed by atoms with van der Waals surface area (Å²) in [6.45, 7) is 3.61. The molecule has 2 unspecified atom stereocenters. The van der Waals surface area contributed by atoms with Gasteiger partial charge in [-0.25, -0.2) is 9.97 Å². The van der Waals surface area contributed by atoms with Gasteiger partial charge in [-0.1, -0.05) is 11.8 Å². The number of hydrogen-bond acceptors (Lipinski definition) is 8. The van der Waals surface area contributed by atoms with E-state index in [2.05, 4.69) is 24.9 Å². The SMILES string of the molecule is CC(N)C1CN(c2nc3nc(Sc4cccnc4C(F)(F)F)cnc3[nH]2)CCO1. The number of ether oxygens (including phenoxy) is 1. The van der Waals surface area contributed by atoms with E-state index in [4.69, 9.17) is 10.5 Å². The van der Waals surface area contributed by atoms with Gasteiger partial charge in [-0.3, -0.25) is 4.98 Å². The fraction of sp³-hybridized carbons (Fsp3) is 0.412. The minimum atomic E-state index is -4.55. The van der Waals surface area contributed by atoms with Crippen molar-refractivity contribution in [2.75, 3.05) is 24.6 Å². The third-order valence-electron chi connectivity index (χ3n) is 4.41. The van der Waals surface area contributed by atoms with Gasteiger partial charge in [-0.15, -0.1) is 0 Å². The molecule has 0 saturated carbocycles. The molecule has 29 heavy (non-hydrogen) atoms. The molecule has 1 fully saturated rings. The van der Waals surface area contributed by atoms with E-state index in [0.29, 0.717) is 42.0 Å². The van der Waals surface area contributed by atoms with E-state index in [1.54, 1.807) is 0 Å². The van der Waals surface area contributed by atoms with Crippen LogP contribution in [-0.2, 0) is 10.9 Å². The Morgan fingerprint density at radius 2 is 2.17 bits per heavy atom. The zero-order chi connectivity index (χ0) is 20.6. The number of anilines is 1. The summed E-state index contributed by atoms with van der Waals surface area (Å²) in [5, 5.41) is 0.296. The average Bonchev–Trinajstić information content (AvgIpc) is 3.11. The third kappa shape index (κ3) is 4.28. The molecule has 0 aliphatic carbocycles. The van der Waals surface area contributed by atoms with Crippen LogP contribution in [0.2, 0.25) is 0 Å². The molecule has 1 saturated heterocycles. The van der Waals surface area contributed by atoms with Gasteiger partial charge in [-0.2, -0.15) is 18.2 Å². The first-order valence-electron chi connectivity index (χ1n) is 8.86. The van der Waals surface area contributed by atoms with Gasteiger partial charge in [0.1, 0.15) is 5.03 Å². The highest BCUT2D eigenvalue weighted by molar-refractivity contribution is 7.99. The average molecular weight is 425 g/mol. The van der Waals surface area contributed by atoms with Crippen LogP contribution in [0.1, 0.15) is 12.6 Å². The fourth-order valence-corrected chi connectivity index (χ4v) is 3.82. The van der Waals surface area contributed by atoms with E-state index in [1.165, 1.54) is 18.3 Å². The Bertz CT molecular complexity index is 1010. The minimum absolute atomic E-state index is 0.0441. The van der Waals surface area contributed by atoms with Gasteiger partial charge < -0.3 is 20.4 Å². The molecule has 2 atom stereocenters. The van der Waals surface area contributed by atoms with Gasteiger partial charge in [0.25, 0.3) is 0 Å². The molecule has 3 aromatic heterocycles. The van der Waals surface area contributed by atoms with Crippen LogP contribution in [0.4, 0.5) is 19.1 Å². The Labute approximate surface area is 168 Å². The lowest BCUT2D eigenvalue weighted by Crippen LogP contribution is -2.50. The van der Waals surface area contributed by atoms with Gasteiger partial charge in [0.05, 0.1) is 18.9 Å². The molecule has 4 rings (SSSR count). The van der Waals surface area contributed by atoms with Crippen LogP contribution < -0.4 is 10.6 Å². The molecule has 154 valence electrons. The van der Waals surface area contributed by atoms with Crippen LogP contribution in [0.25, 0.3) is 11.3 Å². The Morgan fingerprint density at radius 3 is 2.93 bits per heavy atom. The lowest BCUT2D eigenvalue weighted by molar-refractivity contribution is -0.143. The van der Waals surface area contributed by atoms with Crippen molar-refractivity contribution in [2.24, 2.45) is 5.73 Å². The van der Waals surface area contributed by atoms with Crippen molar-refractivity contribution in [3.8, 4) is 0 Å². The zero-order valence-electron chi connectivity index (χ0n) is 15.3. The number of hydrogen-bond donors (Lipinski definition) is 2. The number of aromatic nitrogens is 5. The number of imidazole rings is 1. The maximum absolute atomic E-state index is 13.1. The maximum Gasteiger partial charge on any atom is 0.434 e. The summed E-state index contributed by atoms with van der Waals surface area (Å²) in [6, 6.07) is 2.68. The van der Waals surface area contributed by atoms with Crippen LogP contribution in [0.15, 0.2) is 34.4 Å². The molecule has 3 N–H and O–H groups in total. The molecule has 8 nitrogen and oxygen atoms in total. The van der Waals surface area contributed by atoms with Crippen molar-refractivity contribution in [1.82, 2.24) is 24.9 Å². The number of nitrogens with one attached hydrogen (secondary N) is 1. The standard InChI is InChI=1S/C17H18F3N7OS/c1-9(21)10-8-27(5-6-28-10)16-25-14-15(26-16)24-12(7-23-14)29-11-3-2-4-22-13(11)17(18,19)20/h2-4,7,9-10H,5-6,8,21H2,1H3,(H,23,24,25,26). The van der Waals surface area contributed by atoms with Crippen molar-refractivity contribution in [1.29, 1.82) is 0 Å². The fourth-order valence-electron chi connectivity index (χ4n) is 2.95. The van der Waals surface area contributed by atoms with Gasteiger partial charge in [0.15, 0.2) is 17.0 Å². The van der Waals surface area contributed by atoms with Gasteiger partial charge in [-0.05, 0) is 19.1 Å². The smallest absolute Gasteiger partial charge is 0.373 e. The number of rotatable bonds is 4. The number of morpholine rings is 1. The summed E-state index contributed by atoms with van der Waals surface area (Å²) < 4.78 is 45.1. The quantitative estimate of drug-likeness (QED) is 0.657. The van der Waals surface area contributed by atoms with Crippen LogP contribution in [0.5, 0.6) is 0 Å². The number of H-pyrrole nitrogens is 1. The number of nitrogens with two attached hydrogens (primary N) is 1. The number of fused-ring (bicyclic) bond motifs is 1. The second kappa shape index (κ2) is 7.76. The van der Waals surface area contributed by atoms with E-state index < -0.39 is 11.9 Å². The molecule has 12 heteroatoms. The topological polar surface area (TPSA) is 106 Å². The Kier molecular flexibility index (Phi) is 5.32. The highest BCUT2D eigenvalue weighted by Gasteiger charge is 2.35. The summed E-state index contributed by atoms with van der Waals surface area (Å²) in [5.41, 5.74) is 5.75. The van der Waals surface area contributed by atoms with Crippen LogP contribution in [0, 0.1) is 0 Å². The summed E-state index contributed by atoms with van der Waals surface area (Å²) in [4.78, 5) is 21.5. The van der Waals surface area contributed by atoms with Crippen molar-refractivity contribution >= 4 is 29.0 Å². The predicted molar refractivity (Wildman–Crippen MR) is 101 cm³/mol. The largest absolute Gasteiger partial charge is 0.434 e. The zero-order valence-corrected chi connectivity index (χ0v) is 16.2. The third-order valence-corrected chi connectivity index (χ3v) is 5.36. The van der Waals surface area contributed by atoms with Crippen molar-refractivity contribution in [2.45, 2.75) is 35.2 Å². The summed E-state index contributed by atoms with van der Waals surface area (Å²) in [7, 11) is 0. The molecular weight excluding hydrogens is 407 g/mol. The molecule has 1 aliphatic heterocycles. The van der Waals surface area contributed by atoms with Gasteiger partial charge in [0.2, 0.25) is 5.95 Å². The van der Waals surface area contributed by atoms with Crippen LogP contribution in [0.3, 0.4) is 0 Å². The van der Waals surface area contributed by atoms with E-state index in [0.717, 1.165) is 18.0 Å². The molecule has 1 aliphatic rings. The Hall–Kier alpha value is -2.44. The summed E-state index contributed by atoms with van der Waals surface area (Å²) in [5.74, 6) is 0.577. The molecule has 0 amide bonds. The van der Waals surface area contributed by atoms with E-state index in [1.807, 2.05) is 11.8 Å². The summed E-state index contributed by atoms with van der Waals surface area (Å²) in [6.07, 6.45) is -2.14. The maximum atomic E-state index is 13.1. The van der Waals surface area contributed by atoms with Crippen molar-refractivity contribution in [3.05, 3.63) is 30.2 Å². The molecule has 4 heterocycles. The number of pyridine rings is 1. The number of alkyl halides is 3. The second-order valence-corrected chi connectivity index (χ2v) is 7.67. The van der Waals surface area contributed by atoms with Gasteiger partial charge >= 0.3 is 6.18 Å². The molecule has 0 aromatic carbocycles. The normalized spacial score (nSPS) is 18.9. The van der Waals surface area contributed by atoms with E-state index >= 15 is 0 Å². The van der Waals surface area contributed by atoms with Crippen molar-refractivity contribution < 1.29 is 17.9 Å². The Morgan fingerprint density at radius 1 is 1.34 bits per heavy atom. The minimum Gasteiger partial charge on any atom is -0.373 e. The monoisotopic (exact) mass is 425 g/mol. The molecular formula is C17H18F3N7OS. The molecule has 0 radical (unpaired) electrons. The number of nitrogens with zero attached hydrogens (tertiary/aromatic N) is 5. The highest BCUT2D eigenvalue weighted by Crippen LogP contribution is 2.37. The first kappa shape index (κ1) is 19.9. The Balaban J connectivity index is 1.58. The van der Waals surface area contributed by atoms with Gasteiger partial charge in [0, 0.05) is 30.2 Å². The van der Waals surface area contributed by atoms with Crippen LogP contribution in [-0.4, -0.2) is 56.8 Å². The summed E-state index contributed by atoms with van der Waals surface area (Å²) >= 11 is 0.845. The molecule has 0 spiro atoms. The highest BCUT2D eigenvalue weighted by atomic mass is 32.2. The van der Waals surface area contributed by atoms with Crippen LogP contribution >= 0.6 is 11.8 Å². The number of aromatic amines is 1.